The molecule has 1 unspecified atom stereocenters. The Hall–Kier alpha value is -1.61. The Morgan fingerprint density at radius 2 is 1.76 bits per heavy atom. The van der Waals surface area contributed by atoms with Crippen molar-refractivity contribution >= 4 is 0 Å². The molecule has 2 aromatic rings. The molecular formula is C18H27N3. The first kappa shape index (κ1) is 15.8. The fourth-order valence-electron chi connectivity index (χ4n) is 2.65. The number of likely N-dealkylation sites (N-methyl/N-ethyl adjacent to an activating group) is 1. The van der Waals surface area contributed by atoms with Gasteiger partial charge in [0.1, 0.15) is 0 Å². The van der Waals surface area contributed by atoms with E-state index in [1.165, 1.54) is 22.5 Å². The van der Waals surface area contributed by atoms with E-state index in [2.05, 4.69) is 61.1 Å². The minimum absolute atomic E-state index is 0.297. The third-order valence-electron chi connectivity index (χ3n) is 4.13. The first-order valence-corrected chi connectivity index (χ1v) is 8.03. The molecule has 0 aliphatic rings. The van der Waals surface area contributed by atoms with Crippen molar-refractivity contribution in [2.45, 2.75) is 52.6 Å². The predicted molar refractivity (Wildman–Crippen MR) is 88.6 cm³/mol. The average Bonchev–Trinajstić information content (AvgIpc) is 2.95. The first-order chi connectivity index (χ1) is 10.2. The van der Waals surface area contributed by atoms with Crippen LogP contribution in [0.2, 0.25) is 0 Å². The summed E-state index contributed by atoms with van der Waals surface area (Å²) in [7, 11) is 2.02. The Balaban J connectivity index is 2.19. The van der Waals surface area contributed by atoms with Crippen LogP contribution in [0.15, 0.2) is 30.3 Å². The zero-order valence-corrected chi connectivity index (χ0v) is 13.7. The third kappa shape index (κ3) is 3.73. The van der Waals surface area contributed by atoms with Crippen LogP contribution in [0.3, 0.4) is 0 Å². The molecule has 0 radical (unpaired) electrons. The van der Waals surface area contributed by atoms with Crippen molar-refractivity contribution in [3.63, 3.8) is 0 Å². The molecule has 1 atom stereocenters. The predicted octanol–water partition coefficient (Wildman–Crippen LogP) is 3.53. The summed E-state index contributed by atoms with van der Waals surface area (Å²) in [6.45, 7) is 7.42. The van der Waals surface area contributed by atoms with Gasteiger partial charge >= 0.3 is 0 Å². The van der Waals surface area contributed by atoms with Gasteiger partial charge in [0.2, 0.25) is 0 Å². The van der Waals surface area contributed by atoms with Gasteiger partial charge < -0.3 is 5.32 Å². The Kier molecular flexibility index (Phi) is 5.57. The molecule has 0 fully saturated rings. The maximum absolute atomic E-state index is 4.72. The molecule has 0 aliphatic heterocycles. The molecule has 0 aliphatic carbocycles. The summed E-state index contributed by atoms with van der Waals surface area (Å²) in [5, 5.41) is 8.15. The van der Waals surface area contributed by atoms with Gasteiger partial charge in [-0.25, -0.2) is 0 Å². The lowest BCUT2D eigenvalue weighted by atomic mass is 10.0. The summed E-state index contributed by atoms with van der Waals surface area (Å²) in [6.07, 6.45) is 3.11. The number of benzene rings is 1. The van der Waals surface area contributed by atoms with E-state index in [1.54, 1.807) is 0 Å². The molecule has 3 heteroatoms. The zero-order valence-electron chi connectivity index (χ0n) is 13.7. The third-order valence-corrected chi connectivity index (χ3v) is 4.13. The van der Waals surface area contributed by atoms with Crippen LogP contribution in [0.1, 0.15) is 49.3 Å². The molecule has 0 saturated heterocycles. The second kappa shape index (κ2) is 7.41. The minimum atomic E-state index is 0.297. The van der Waals surface area contributed by atoms with Gasteiger partial charge in [-0.2, -0.15) is 5.10 Å². The number of hydrogen-bond acceptors (Lipinski definition) is 2. The minimum Gasteiger partial charge on any atom is -0.311 e. The molecule has 21 heavy (non-hydrogen) atoms. The van der Waals surface area contributed by atoms with Crippen molar-refractivity contribution in [2.75, 3.05) is 7.05 Å². The van der Waals surface area contributed by atoms with Crippen LogP contribution < -0.4 is 5.32 Å². The molecule has 0 spiro atoms. The maximum Gasteiger partial charge on any atom is 0.0624 e. The molecule has 0 saturated carbocycles. The summed E-state index contributed by atoms with van der Waals surface area (Å²) in [5.41, 5.74) is 5.21. The van der Waals surface area contributed by atoms with Crippen molar-refractivity contribution in [1.82, 2.24) is 15.1 Å². The largest absolute Gasteiger partial charge is 0.311 e. The zero-order chi connectivity index (χ0) is 15.2. The molecule has 1 aromatic carbocycles. The van der Waals surface area contributed by atoms with Crippen LogP contribution in [0.25, 0.3) is 0 Å². The molecule has 2 rings (SSSR count). The van der Waals surface area contributed by atoms with E-state index in [0.717, 1.165) is 25.8 Å². The average molecular weight is 285 g/mol. The van der Waals surface area contributed by atoms with E-state index in [-0.39, 0.29) is 0 Å². The van der Waals surface area contributed by atoms with Gasteiger partial charge in [0.05, 0.1) is 18.3 Å². The standard InChI is InChI=1S/C18H27N3/c1-5-14-8-10-15(11-9-14)18(19-4)13-21-17(7-3)12-16(6-2)20-21/h8-12,18-19H,5-7,13H2,1-4H3. The van der Waals surface area contributed by atoms with Gasteiger partial charge in [0.25, 0.3) is 0 Å². The van der Waals surface area contributed by atoms with E-state index in [4.69, 9.17) is 5.10 Å². The van der Waals surface area contributed by atoms with E-state index in [9.17, 15) is 0 Å². The Labute approximate surface area is 128 Å². The Bertz CT molecular complexity index is 554. The lowest BCUT2D eigenvalue weighted by Gasteiger charge is -2.18. The monoisotopic (exact) mass is 285 g/mol. The van der Waals surface area contributed by atoms with Gasteiger partial charge in [0, 0.05) is 5.69 Å². The molecule has 1 heterocycles. The summed E-state index contributed by atoms with van der Waals surface area (Å²) in [5.74, 6) is 0. The van der Waals surface area contributed by atoms with Crippen LogP contribution in [0.4, 0.5) is 0 Å². The Morgan fingerprint density at radius 1 is 1.05 bits per heavy atom. The smallest absolute Gasteiger partial charge is 0.0624 e. The normalized spacial score (nSPS) is 12.6. The van der Waals surface area contributed by atoms with Gasteiger partial charge in [-0.15, -0.1) is 0 Å². The molecule has 3 nitrogen and oxygen atoms in total. The van der Waals surface area contributed by atoms with E-state index in [0.29, 0.717) is 6.04 Å². The number of aryl methyl sites for hydroxylation is 3. The van der Waals surface area contributed by atoms with Gasteiger partial charge in [0.15, 0.2) is 0 Å². The van der Waals surface area contributed by atoms with Crippen molar-refractivity contribution < 1.29 is 0 Å². The second-order valence-electron chi connectivity index (χ2n) is 5.45. The fourth-order valence-corrected chi connectivity index (χ4v) is 2.65. The molecular weight excluding hydrogens is 258 g/mol. The van der Waals surface area contributed by atoms with Crippen molar-refractivity contribution in [3.05, 3.63) is 52.8 Å². The highest BCUT2D eigenvalue weighted by atomic mass is 15.3. The molecule has 0 bridgehead atoms. The van der Waals surface area contributed by atoms with Crippen LogP contribution in [-0.2, 0) is 25.8 Å². The summed E-state index contributed by atoms with van der Waals surface area (Å²) >= 11 is 0. The van der Waals surface area contributed by atoms with Gasteiger partial charge in [-0.05, 0) is 43.5 Å². The van der Waals surface area contributed by atoms with Crippen LogP contribution in [0.5, 0.6) is 0 Å². The lowest BCUT2D eigenvalue weighted by molar-refractivity contribution is 0.455. The quantitative estimate of drug-likeness (QED) is 0.843. The highest BCUT2D eigenvalue weighted by Crippen LogP contribution is 2.18. The van der Waals surface area contributed by atoms with E-state index < -0.39 is 0 Å². The second-order valence-corrected chi connectivity index (χ2v) is 5.45. The van der Waals surface area contributed by atoms with Crippen LogP contribution in [0, 0.1) is 0 Å². The SMILES string of the molecule is CCc1ccc(C(Cn2nc(CC)cc2CC)NC)cc1. The number of nitrogens with zero attached hydrogens (tertiary/aromatic N) is 2. The number of nitrogens with one attached hydrogen (secondary N) is 1. The fraction of sp³-hybridized carbons (Fsp3) is 0.500. The highest BCUT2D eigenvalue weighted by Gasteiger charge is 2.13. The van der Waals surface area contributed by atoms with E-state index >= 15 is 0 Å². The van der Waals surface area contributed by atoms with E-state index in [1.807, 2.05) is 7.05 Å². The number of aromatic nitrogens is 2. The topological polar surface area (TPSA) is 29.9 Å². The highest BCUT2D eigenvalue weighted by molar-refractivity contribution is 5.25. The van der Waals surface area contributed by atoms with Gasteiger partial charge in [-0.1, -0.05) is 45.0 Å². The Morgan fingerprint density at radius 3 is 2.29 bits per heavy atom. The van der Waals surface area contributed by atoms with Crippen molar-refractivity contribution in [2.24, 2.45) is 0 Å². The maximum atomic E-state index is 4.72. The van der Waals surface area contributed by atoms with Crippen molar-refractivity contribution in [3.8, 4) is 0 Å². The molecule has 1 N–H and O–H groups in total. The lowest BCUT2D eigenvalue weighted by Crippen LogP contribution is -2.23. The summed E-state index contributed by atoms with van der Waals surface area (Å²) in [6, 6.07) is 11.4. The van der Waals surface area contributed by atoms with Crippen LogP contribution in [-0.4, -0.2) is 16.8 Å². The van der Waals surface area contributed by atoms with Gasteiger partial charge in [-0.3, -0.25) is 4.68 Å². The summed E-state index contributed by atoms with van der Waals surface area (Å²) in [4.78, 5) is 0. The first-order valence-electron chi connectivity index (χ1n) is 8.03. The van der Waals surface area contributed by atoms with Crippen molar-refractivity contribution in [1.29, 1.82) is 0 Å². The number of hydrogen-bond donors (Lipinski definition) is 1. The molecule has 0 amide bonds. The van der Waals surface area contributed by atoms with Crippen LogP contribution >= 0.6 is 0 Å². The summed E-state index contributed by atoms with van der Waals surface area (Å²) < 4.78 is 2.16. The number of rotatable bonds is 7. The molecule has 1 aromatic heterocycles. The molecule has 114 valence electrons.